The SMILES string of the molecule is CC(Cc1ccc(F)cc1)NC(=O)CC1(CS)CC1. The number of benzene rings is 1. The number of nitrogens with one attached hydrogen (secondary N) is 1. The lowest BCUT2D eigenvalue weighted by Gasteiger charge is -2.17. The zero-order valence-corrected chi connectivity index (χ0v) is 12.1. The maximum atomic E-state index is 12.8. The Hall–Kier alpha value is -1.03. The Labute approximate surface area is 119 Å². The third-order valence-corrected chi connectivity index (χ3v) is 4.36. The van der Waals surface area contributed by atoms with Gasteiger partial charge in [0.1, 0.15) is 5.82 Å². The summed E-state index contributed by atoms with van der Waals surface area (Å²) < 4.78 is 12.8. The second-order valence-electron chi connectivity index (χ2n) is 5.63. The predicted octanol–water partition coefficient (Wildman–Crippen LogP) is 2.97. The molecule has 4 heteroatoms. The molecule has 0 saturated heterocycles. The van der Waals surface area contributed by atoms with E-state index in [1.54, 1.807) is 12.1 Å². The second kappa shape index (κ2) is 5.95. The van der Waals surface area contributed by atoms with Crippen molar-refractivity contribution in [2.24, 2.45) is 5.41 Å². The van der Waals surface area contributed by atoms with Gasteiger partial charge in [-0.1, -0.05) is 12.1 Å². The molecule has 1 aromatic carbocycles. The van der Waals surface area contributed by atoms with Crippen molar-refractivity contribution >= 4 is 18.5 Å². The van der Waals surface area contributed by atoms with E-state index in [0.717, 1.165) is 30.6 Å². The Morgan fingerprint density at radius 2 is 2.05 bits per heavy atom. The van der Waals surface area contributed by atoms with Gasteiger partial charge in [-0.3, -0.25) is 4.79 Å². The maximum Gasteiger partial charge on any atom is 0.220 e. The van der Waals surface area contributed by atoms with Gasteiger partial charge in [0.2, 0.25) is 5.91 Å². The lowest BCUT2D eigenvalue weighted by molar-refractivity contribution is -0.122. The Kier molecular flexibility index (Phi) is 4.50. The molecule has 1 aliphatic carbocycles. The van der Waals surface area contributed by atoms with Gasteiger partial charge in [0, 0.05) is 12.5 Å². The first-order valence-electron chi connectivity index (χ1n) is 6.68. The molecule has 1 N–H and O–H groups in total. The molecule has 19 heavy (non-hydrogen) atoms. The van der Waals surface area contributed by atoms with E-state index in [4.69, 9.17) is 0 Å². The fourth-order valence-electron chi connectivity index (χ4n) is 2.26. The summed E-state index contributed by atoms with van der Waals surface area (Å²) in [5, 5.41) is 3.01. The van der Waals surface area contributed by atoms with Crippen molar-refractivity contribution < 1.29 is 9.18 Å². The van der Waals surface area contributed by atoms with Crippen LogP contribution in [0.5, 0.6) is 0 Å². The van der Waals surface area contributed by atoms with Crippen LogP contribution in [0.15, 0.2) is 24.3 Å². The smallest absolute Gasteiger partial charge is 0.220 e. The van der Waals surface area contributed by atoms with Gasteiger partial charge in [0.05, 0.1) is 0 Å². The molecule has 0 heterocycles. The molecule has 0 bridgehead atoms. The van der Waals surface area contributed by atoms with Crippen LogP contribution in [0.3, 0.4) is 0 Å². The summed E-state index contributed by atoms with van der Waals surface area (Å²) in [5.74, 6) is 0.651. The Morgan fingerprint density at radius 3 is 2.58 bits per heavy atom. The summed E-state index contributed by atoms with van der Waals surface area (Å²) in [5.41, 5.74) is 1.19. The van der Waals surface area contributed by atoms with Crippen LogP contribution < -0.4 is 5.32 Å². The third-order valence-electron chi connectivity index (χ3n) is 3.69. The highest BCUT2D eigenvalue weighted by atomic mass is 32.1. The topological polar surface area (TPSA) is 29.1 Å². The van der Waals surface area contributed by atoms with Crippen LogP contribution in [0.2, 0.25) is 0 Å². The van der Waals surface area contributed by atoms with Crippen molar-refractivity contribution in [1.82, 2.24) is 5.32 Å². The van der Waals surface area contributed by atoms with E-state index >= 15 is 0 Å². The number of carbonyl (C=O) groups excluding carboxylic acids is 1. The molecule has 1 fully saturated rings. The number of rotatable bonds is 6. The number of hydrogen-bond donors (Lipinski definition) is 2. The second-order valence-corrected chi connectivity index (χ2v) is 5.95. The van der Waals surface area contributed by atoms with Crippen molar-refractivity contribution in [3.05, 3.63) is 35.6 Å². The minimum atomic E-state index is -0.232. The van der Waals surface area contributed by atoms with Gasteiger partial charge >= 0.3 is 0 Å². The molecule has 0 spiro atoms. The van der Waals surface area contributed by atoms with Crippen LogP contribution in [0.1, 0.15) is 31.7 Å². The molecule has 104 valence electrons. The first kappa shape index (κ1) is 14.4. The van der Waals surface area contributed by atoms with Crippen molar-refractivity contribution in [2.75, 3.05) is 5.75 Å². The van der Waals surface area contributed by atoms with Gasteiger partial charge in [-0.2, -0.15) is 12.6 Å². The highest BCUT2D eigenvalue weighted by Gasteiger charge is 2.42. The van der Waals surface area contributed by atoms with Crippen LogP contribution in [0.25, 0.3) is 0 Å². The minimum Gasteiger partial charge on any atom is -0.353 e. The van der Waals surface area contributed by atoms with Crippen molar-refractivity contribution in [2.45, 2.75) is 38.6 Å². The molecule has 0 aromatic heterocycles. The molecule has 1 saturated carbocycles. The molecule has 1 unspecified atom stereocenters. The number of carbonyl (C=O) groups is 1. The highest BCUT2D eigenvalue weighted by molar-refractivity contribution is 7.80. The summed E-state index contributed by atoms with van der Waals surface area (Å²) in [6.45, 7) is 1.97. The number of halogens is 1. The fourth-order valence-corrected chi connectivity index (χ4v) is 2.69. The molecule has 1 amide bonds. The maximum absolute atomic E-state index is 12.8. The van der Waals surface area contributed by atoms with E-state index in [2.05, 4.69) is 17.9 Å². The van der Waals surface area contributed by atoms with Gasteiger partial charge < -0.3 is 5.32 Å². The molecular formula is C15H20FNOS. The average molecular weight is 281 g/mol. The summed E-state index contributed by atoms with van der Waals surface area (Å²) in [4.78, 5) is 11.9. The largest absolute Gasteiger partial charge is 0.353 e. The Balaban J connectivity index is 1.79. The first-order valence-corrected chi connectivity index (χ1v) is 7.31. The molecule has 1 aliphatic rings. The van der Waals surface area contributed by atoms with Crippen LogP contribution in [0, 0.1) is 11.2 Å². The van der Waals surface area contributed by atoms with Crippen molar-refractivity contribution in [3.63, 3.8) is 0 Å². The van der Waals surface area contributed by atoms with E-state index in [-0.39, 0.29) is 23.2 Å². The van der Waals surface area contributed by atoms with Crippen LogP contribution >= 0.6 is 12.6 Å². The third kappa shape index (κ3) is 4.23. The Morgan fingerprint density at radius 1 is 1.42 bits per heavy atom. The van der Waals surface area contributed by atoms with E-state index < -0.39 is 0 Å². The zero-order valence-electron chi connectivity index (χ0n) is 11.2. The van der Waals surface area contributed by atoms with Gasteiger partial charge in [0.25, 0.3) is 0 Å². The van der Waals surface area contributed by atoms with Crippen LogP contribution in [-0.4, -0.2) is 17.7 Å². The van der Waals surface area contributed by atoms with Crippen LogP contribution in [0.4, 0.5) is 4.39 Å². The van der Waals surface area contributed by atoms with E-state index in [1.165, 1.54) is 12.1 Å². The summed E-state index contributed by atoms with van der Waals surface area (Å²) in [7, 11) is 0. The highest BCUT2D eigenvalue weighted by Crippen LogP contribution is 2.49. The standard InChI is InChI=1S/C15H20FNOS/c1-11(8-12-2-4-13(16)5-3-12)17-14(18)9-15(10-19)6-7-15/h2-5,11,19H,6-10H2,1H3,(H,17,18). The van der Waals surface area contributed by atoms with Crippen molar-refractivity contribution in [1.29, 1.82) is 0 Å². The lowest BCUT2D eigenvalue weighted by atomic mass is 10.0. The summed E-state index contributed by atoms with van der Waals surface area (Å²) >= 11 is 4.30. The fraction of sp³-hybridized carbons (Fsp3) is 0.533. The summed E-state index contributed by atoms with van der Waals surface area (Å²) in [6.07, 6.45) is 3.51. The lowest BCUT2D eigenvalue weighted by Crippen LogP contribution is -2.35. The summed E-state index contributed by atoms with van der Waals surface area (Å²) in [6, 6.07) is 6.48. The molecule has 1 aromatic rings. The van der Waals surface area contributed by atoms with Crippen LogP contribution in [-0.2, 0) is 11.2 Å². The quantitative estimate of drug-likeness (QED) is 0.771. The average Bonchev–Trinajstić information content (AvgIpc) is 3.12. The molecule has 1 atom stereocenters. The first-order chi connectivity index (χ1) is 9.03. The minimum absolute atomic E-state index is 0.0636. The van der Waals surface area contributed by atoms with Gasteiger partial charge in [-0.25, -0.2) is 4.39 Å². The molecule has 0 radical (unpaired) electrons. The molecule has 2 rings (SSSR count). The van der Waals surface area contributed by atoms with Gasteiger partial charge in [-0.05, 0) is 55.1 Å². The molecular weight excluding hydrogens is 261 g/mol. The van der Waals surface area contributed by atoms with E-state index in [9.17, 15) is 9.18 Å². The predicted molar refractivity (Wildman–Crippen MR) is 77.8 cm³/mol. The number of hydrogen-bond acceptors (Lipinski definition) is 2. The van der Waals surface area contributed by atoms with Gasteiger partial charge in [0.15, 0.2) is 0 Å². The van der Waals surface area contributed by atoms with Gasteiger partial charge in [-0.15, -0.1) is 0 Å². The zero-order chi connectivity index (χ0) is 13.9. The monoisotopic (exact) mass is 281 g/mol. The Bertz CT molecular complexity index is 442. The number of thiol groups is 1. The van der Waals surface area contributed by atoms with E-state index in [0.29, 0.717) is 6.42 Å². The normalized spacial score (nSPS) is 17.8. The number of amides is 1. The van der Waals surface area contributed by atoms with E-state index in [1.807, 2.05) is 6.92 Å². The van der Waals surface area contributed by atoms with Crippen molar-refractivity contribution in [3.8, 4) is 0 Å². The molecule has 2 nitrogen and oxygen atoms in total. The molecule has 0 aliphatic heterocycles.